The number of fused-ring (bicyclic) bond motifs is 3. The Morgan fingerprint density at radius 3 is 2.49 bits per heavy atom. The van der Waals surface area contributed by atoms with Gasteiger partial charge in [-0.2, -0.15) is 0 Å². The molecule has 6 aromatic rings. The SMILES string of the molecule is C=C(C)c1cc(-c2cccc3cc(-c4ccc(C)nc4)ncc23)cc2c1n(C)c(=O)n2C.O=CNCCC#Cc1cccc2c1CN(C1CCC(=O)NC1=O)C2=O. The zero-order valence-corrected chi connectivity index (χ0v) is 32.2. The smallest absolute Gasteiger partial charge is 0.328 e. The summed E-state index contributed by atoms with van der Waals surface area (Å²) in [5, 5.41) is 6.99. The van der Waals surface area contributed by atoms with Crippen molar-refractivity contribution in [2.45, 2.75) is 45.7 Å². The van der Waals surface area contributed by atoms with Gasteiger partial charge in [0.2, 0.25) is 18.2 Å². The number of imidazole rings is 1. The van der Waals surface area contributed by atoms with Crippen LogP contribution in [-0.4, -0.2) is 60.7 Å². The summed E-state index contributed by atoms with van der Waals surface area (Å²) >= 11 is 0. The number of rotatable bonds is 7. The number of imide groups is 1. The standard InChI is InChI=1S/C27H24N4O.C18H17N3O4/c1-16(2)22-11-20(13-25-26(22)31(5)27(32)30(25)4)21-8-6-7-18-12-24(29-15-23(18)21)19-10-9-17(3)28-14-19;22-11-19-9-2-1-4-12-5-3-6-13-14(12)10-21(18(13)25)15-7-8-16(23)20-17(15)24/h6-15H,1H2,2-5H3;3,5-6,11,15H,2,7-10H2,(H,19,22)(H,20,23,24). The number of nitrogens with one attached hydrogen (secondary N) is 2. The van der Waals surface area contributed by atoms with Crippen LogP contribution in [0.2, 0.25) is 0 Å². The lowest BCUT2D eigenvalue weighted by atomic mass is 9.95. The van der Waals surface area contributed by atoms with Crippen LogP contribution in [-0.2, 0) is 35.0 Å². The minimum absolute atomic E-state index is 0.0458. The van der Waals surface area contributed by atoms with Crippen molar-refractivity contribution in [1.29, 1.82) is 0 Å². The van der Waals surface area contributed by atoms with Crippen molar-refractivity contribution in [3.63, 3.8) is 0 Å². The van der Waals surface area contributed by atoms with Crippen molar-refractivity contribution in [3.8, 4) is 34.2 Å². The number of carbonyl (C=O) groups is 4. The van der Waals surface area contributed by atoms with E-state index in [2.05, 4.69) is 70.4 Å². The molecule has 5 heterocycles. The second-order valence-electron chi connectivity index (χ2n) is 14.2. The Morgan fingerprint density at radius 1 is 0.965 bits per heavy atom. The number of amides is 4. The highest BCUT2D eigenvalue weighted by Gasteiger charge is 2.39. The first-order valence-corrected chi connectivity index (χ1v) is 18.6. The maximum atomic E-state index is 12.7. The van der Waals surface area contributed by atoms with Crippen LogP contribution in [0.5, 0.6) is 0 Å². The molecule has 0 saturated carbocycles. The molecule has 2 aliphatic rings. The van der Waals surface area contributed by atoms with E-state index in [0.717, 1.165) is 72.1 Å². The summed E-state index contributed by atoms with van der Waals surface area (Å²) in [6.07, 6.45) is 5.48. The molecule has 0 radical (unpaired) electrons. The summed E-state index contributed by atoms with van der Waals surface area (Å²) in [5.41, 5.74) is 10.7. The molecule has 2 N–H and O–H groups in total. The third-order valence-corrected chi connectivity index (χ3v) is 10.4. The topological polar surface area (TPSA) is 148 Å². The highest BCUT2D eigenvalue weighted by atomic mass is 16.2. The maximum Gasteiger partial charge on any atom is 0.328 e. The van der Waals surface area contributed by atoms with Crippen molar-refractivity contribution >= 4 is 51.5 Å². The molecule has 8 rings (SSSR count). The minimum atomic E-state index is -0.629. The number of aromatic nitrogens is 4. The van der Waals surface area contributed by atoms with Crippen LogP contribution in [0.3, 0.4) is 0 Å². The molecule has 12 nitrogen and oxygen atoms in total. The number of pyridine rings is 2. The number of hydrogen-bond acceptors (Lipinski definition) is 7. The van der Waals surface area contributed by atoms with Gasteiger partial charge in [-0.05, 0) is 90.4 Å². The van der Waals surface area contributed by atoms with Crippen molar-refractivity contribution in [2.24, 2.45) is 14.1 Å². The molecule has 2 aliphatic heterocycles. The average molecular weight is 760 g/mol. The first-order chi connectivity index (χ1) is 27.5. The van der Waals surface area contributed by atoms with E-state index >= 15 is 0 Å². The largest absolute Gasteiger partial charge is 0.358 e. The molecule has 57 heavy (non-hydrogen) atoms. The minimum Gasteiger partial charge on any atom is -0.358 e. The number of benzene rings is 3. The molecule has 1 fully saturated rings. The zero-order valence-electron chi connectivity index (χ0n) is 32.2. The molecule has 3 aromatic heterocycles. The molecule has 286 valence electrons. The predicted octanol–water partition coefficient (Wildman–Crippen LogP) is 5.43. The Hall–Kier alpha value is -7.13. The summed E-state index contributed by atoms with van der Waals surface area (Å²) in [6, 6.07) is 21.3. The number of nitrogens with zero attached hydrogens (tertiary/aromatic N) is 5. The van der Waals surface area contributed by atoms with Gasteiger partial charge in [0.05, 0.1) is 16.7 Å². The lowest BCUT2D eigenvalue weighted by Crippen LogP contribution is -2.52. The van der Waals surface area contributed by atoms with Crippen molar-refractivity contribution < 1.29 is 19.2 Å². The van der Waals surface area contributed by atoms with E-state index in [0.29, 0.717) is 37.9 Å². The molecule has 0 aliphatic carbocycles. The van der Waals surface area contributed by atoms with E-state index in [-0.39, 0.29) is 23.9 Å². The van der Waals surface area contributed by atoms with Crippen LogP contribution in [0.1, 0.15) is 58.9 Å². The van der Waals surface area contributed by atoms with Crippen LogP contribution < -0.4 is 16.3 Å². The summed E-state index contributed by atoms with van der Waals surface area (Å²) in [5.74, 6) is 5.05. The predicted molar refractivity (Wildman–Crippen MR) is 220 cm³/mol. The summed E-state index contributed by atoms with van der Waals surface area (Å²) < 4.78 is 3.38. The first-order valence-electron chi connectivity index (χ1n) is 18.6. The molecule has 0 bridgehead atoms. The number of allylic oxidation sites excluding steroid dienone is 1. The fourth-order valence-corrected chi connectivity index (χ4v) is 7.39. The van der Waals surface area contributed by atoms with E-state index in [4.69, 9.17) is 4.98 Å². The van der Waals surface area contributed by atoms with Gasteiger partial charge in [0.1, 0.15) is 6.04 Å². The second kappa shape index (κ2) is 15.9. The van der Waals surface area contributed by atoms with Crippen LogP contribution in [0.25, 0.3) is 49.8 Å². The zero-order chi connectivity index (χ0) is 40.4. The van der Waals surface area contributed by atoms with E-state index in [1.54, 1.807) is 28.3 Å². The van der Waals surface area contributed by atoms with Gasteiger partial charge in [0.25, 0.3) is 5.91 Å². The Bertz CT molecular complexity index is 2750. The van der Waals surface area contributed by atoms with Crippen molar-refractivity contribution in [1.82, 2.24) is 34.6 Å². The quantitative estimate of drug-likeness (QED) is 0.0955. The fourth-order valence-electron chi connectivity index (χ4n) is 7.39. The molecule has 3 aromatic carbocycles. The van der Waals surface area contributed by atoms with Gasteiger partial charge in [-0.3, -0.25) is 43.6 Å². The van der Waals surface area contributed by atoms with E-state index in [1.807, 2.05) is 51.5 Å². The Kier molecular flexibility index (Phi) is 10.7. The Labute approximate surface area is 329 Å². The second-order valence-corrected chi connectivity index (χ2v) is 14.2. The number of hydrogen-bond donors (Lipinski definition) is 2. The summed E-state index contributed by atoms with van der Waals surface area (Å²) in [6.45, 7) is 8.88. The van der Waals surface area contributed by atoms with Gasteiger partial charge >= 0.3 is 5.69 Å². The maximum absolute atomic E-state index is 12.7. The lowest BCUT2D eigenvalue weighted by molar-refractivity contribution is -0.136. The van der Waals surface area contributed by atoms with E-state index in [9.17, 15) is 24.0 Å². The third kappa shape index (κ3) is 7.47. The third-order valence-electron chi connectivity index (χ3n) is 10.4. The highest BCUT2D eigenvalue weighted by molar-refractivity contribution is 6.06. The van der Waals surface area contributed by atoms with Gasteiger partial charge in [-0.25, -0.2) is 4.79 Å². The molecule has 4 amide bonds. The Balaban J connectivity index is 0.000000180. The molecular weight excluding hydrogens is 719 g/mol. The molecule has 1 saturated heterocycles. The first kappa shape index (κ1) is 38.2. The van der Waals surface area contributed by atoms with Gasteiger partial charge in [-0.15, -0.1) is 0 Å². The summed E-state index contributed by atoms with van der Waals surface area (Å²) in [4.78, 5) is 69.4. The van der Waals surface area contributed by atoms with E-state index in [1.165, 1.54) is 4.90 Å². The van der Waals surface area contributed by atoms with Gasteiger partial charge < -0.3 is 10.2 Å². The average Bonchev–Trinajstić information content (AvgIpc) is 3.65. The van der Waals surface area contributed by atoms with Crippen LogP contribution in [0.15, 0.2) is 90.5 Å². The van der Waals surface area contributed by atoms with Crippen LogP contribution >= 0.6 is 0 Å². The van der Waals surface area contributed by atoms with Crippen LogP contribution in [0, 0.1) is 18.8 Å². The van der Waals surface area contributed by atoms with Crippen molar-refractivity contribution in [2.75, 3.05) is 6.54 Å². The molecule has 1 atom stereocenters. The van der Waals surface area contributed by atoms with E-state index < -0.39 is 11.9 Å². The summed E-state index contributed by atoms with van der Waals surface area (Å²) in [7, 11) is 3.61. The monoisotopic (exact) mass is 759 g/mol. The fraction of sp³-hybridized carbons (Fsp3) is 0.222. The normalized spacial score (nSPS) is 14.7. The molecular formula is C45H41N7O5. The Morgan fingerprint density at radius 2 is 1.75 bits per heavy atom. The number of piperidine rings is 1. The van der Waals surface area contributed by atoms with Gasteiger partial charge in [-0.1, -0.05) is 42.7 Å². The molecule has 1 unspecified atom stereocenters. The lowest BCUT2D eigenvalue weighted by Gasteiger charge is -2.29. The van der Waals surface area contributed by atoms with Gasteiger partial charge in [0.15, 0.2) is 0 Å². The molecule has 12 heteroatoms. The van der Waals surface area contributed by atoms with Crippen molar-refractivity contribution in [3.05, 3.63) is 124 Å². The number of aryl methyl sites for hydroxylation is 3. The van der Waals surface area contributed by atoms with Gasteiger partial charge in [0, 0.05) is 85.8 Å². The highest BCUT2D eigenvalue weighted by Crippen LogP contribution is 2.35. The van der Waals surface area contributed by atoms with Crippen LogP contribution in [0.4, 0.5) is 0 Å². The number of carbonyl (C=O) groups excluding carboxylic acids is 4. The molecule has 0 spiro atoms.